The van der Waals surface area contributed by atoms with E-state index in [1.165, 1.54) is 9.80 Å². The lowest BCUT2D eigenvalue weighted by Gasteiger charge is -2.63. The fourth-order valence-corrected chi connectivity index (χ4v) is 14.0. The van der Waals surface area contributed by atoms with Gasteiger partial charge in [0, 0.05) is 38.0 Å². The number of likely N-dealkylation sites (tertiary alicyclic amines) is 1. The topological polar surface area (TPSA) is 101 Å². The second-order valence-electron chi connectivity index (χ2n) is 19.6. The third-order valence-corrected chi connectivity index (χ3v) is 16.3. The maximum absolute atomic E-state index is 13.0. The number of ether oxygens (including phenoxy) is 3. The Morgan fingerprint density at radius 2 is 1.67 bits per heavy atom. The van der Waals surface area contributed by atoms with Gasteiger partial charge in [0.05, 0.1) is 30.9 Å². The number of hydrogen-bond donors (Lipinski definition) is 2. The van der Waals surface area contributed by atoms with Gasteiger partial charge in [-0.1, -0.05) is 48.5 Å². The Kier molecular flexibility index (Phi) is 8.91. The summed E-state index contributed by atoms with van der Waals surface area (Å²) in [5, 5.41) is 15.4. The summed E-state index contributed by atoms with van der Waals surface area (Å²) in [6.45, 7) is 15.1. The van der Waals surface area contributed by atoms with Crippen molar-refractivity contribution in [2.24, 2.45) is 56.7 Å². The van der Waals surface area contributed by atoms with Crippen LogP contribution in [0.5, 0.6) is 0 Å². The van der Waals surface area contributed by atoms with Gasteiger partial charge in [-0.15, -0.1) is 0 Å². The Labute approximate surface area is 302 Å². The summed E-state index contributed by atoms with van der Waals surface area (Å²) in [6, 6.07) is -0.329. The molecular formula is C39H62F3N3O6. The quantitative estimate of drug-likeness (QED) is 0.309. The Morgan fingerprint density at radius 3 is 2.29 bits per heavy atom. The van der Waals surface area contributed by atoms with E-state index in [1.54, 1.807) is 14.1 Å². The van der Waals surface area contributed by atoms with Gasteiger partial charge < -0.3 is 29.5 Å². The van der Waals surface area contributed by atoms with Crippen LogP contribution in [0.3, 0.4) is 0 Å². The molecule has 12 heteroatoms. The van der Waals surface area contributed by atoms with Gasteiger partial charge in [-0.3, -0.25) is 4.90 Å². The number of halogens is 3. The summed E-state index contributed by atoms with van der Waals surface area (Å²) < 4.78 is 57.2. The first-order valence-electron chi connectivity index (χ1n) is 19.6. The summed E-state index contributed by atoms with van der Waals surface area (Å²) in [5.41, 5.74) is -0.380. The number of alkyl carbamates (subject to hydrolysis) is 1. The maximum atomic E-state index is 13.0. The fraction of sp³-hybridized carbons (Fsp3) is 0.949. The Bertz CT molecular complexity index is 1390. The molecule has 9 nitrogen and oxygen atoms in total. The van der Waals surface area contributed by atoms with Gasteiger partial charge in [0.25, 0.3) is 0 Å². The zero-order valence-corrected chi connectivity index (χ0v) is 32.1. The van der Waals surface area contributed by atoms with Crippen molar-refractivity contribution in [2.45, 2.75) is 143 Å². The van der Waals surface area contributed by atoms with Crippen molar-refractivity contribution >= 4 is 12.2 Å². The second kappa shape index (κ2) is 12.1. The molecule has 290 valence electrons. The number of carbonyl (C=O) groups excluding carboxylic acids is 2. The minimum Gasteiger partial charge on any atom is -0.446 e. The number of nitrogens with one attached hydrogen (secondary N) is 1. The van der Waals surface area contributed by atoms with E-state index in [4.69, 9.17) is 14.2 Å². The number of nitrogens with zero attached hydrogens (tertiary/aromatic N) is 2. The standard InChI is InChI=1S/C39H62F3N3O6/c1-21(2)29(51-33(48)44(8)9)24-16-22(3)28-30(49-24)31(46)36(7)26-11-10-25-34(4,5)27(12-13-37(25)19-38(26,37)15-14-35(28,36)6)50-32(47)43-23-17-45(18-23)20-39(40,41)42/h21-31,46H,10-20H2,1-9H3,(H,43,47)/t22-,24?,25+,26?,27+,28+,29-,30?,31+,35-,36-,37-,38+/m1/s1. The average Bonchev–Trinajstić information content (AvgIpc) is 3.64. The van der Waals surface area contributed by atoms with E-state index in [1.807, 2.05) is 0 Å². The summed E-state index contributed by atoms with van der Waals surface area (Å²) >= 11 is 0. The third-order valence-electron chi connectivity index (χ3n) is 16.3. The molecule has 0 bridgehead atoms. The highest BCUT2D eigenvalue weighted by molar-refractivity contribution is 5.68. The molecule has 3 unspecified atom stereocenters. The first-order chi connectivity index (χ1) is 23.6. The van der Waals surface area contributed by atoms with Crippen molar-refractivity contribution < 1.29 is 42.1 Å². The molecule has 7 rings (SSSR count). The van der Waals surface area contributed by atoms with Crippen LogP contribution in [0.4, 0.5) is 22.8 Å². The Morgan fingerprint density at radius 1 is 1.02 bits per heavy atom. The number of carbonyl (C=O) groups is 2. The van der Waals surface area contributed by atoms with Crippen LogP contribution in [0, 0.1) is 56.7 Å². The van der Waals surface area contributed by atoms with Crippen molar-refractivity contribution in [3.8, 4) is 0 Å². The van der Waals surface area contributed by atoms with Gasteiger partial charge in [0.15, 0.2) is 0 Å². The SMILES string of the molecule is CC(C)[C@@H](OC(=O)N(C)C)C1C[C@@H](C)[C@H]2C(O1)[C@H](O)[C@@]1(C)C3CC[C@H]4C(C)(C)[C@@H](OC(=O)NC5CN(CC(F)(F)F)C5)CC[C@@]45C[C@@]35CC[C@]21C. The number of aliphatic hydroxyl groups excluding tert-OH is 1. The van der Waals surface area contributed by atoms with Crippen molar-refractivity contribution in [1.82, 2.24) is 15.1 Å². The predicted molar refractivity (Wildman–Crippen MR) is 185 cm³/mol. The fourth-order valence-electron chi connectivity index (χ4n) is 14.0. The van der Waals surface area contributed by atoms with Gasteiger partial charge in [0.2, 0.25) is 0 Å². The second-order valence-corrected chi connectivity index (χ2v) is 19.6. The van der Waals surface area contributed by atoms with Crippen molar-refractivity contribution in [1.29, 1.82) is 0 Å². The average molecular weight is 726 g/mol. The number of hydrogen-bond acceptors (Lipinski definition) is 7. The van der Waals surface area contributed by atoms with Crippen LogP contribution < -0.4 is 5.32 Å². The first-order valence-corrected chi connectivity index (χ1v) is 19.6. The van der Waals surface area contributed by atoms with Crippen molar-refractivity contribution in [3.63, 3.8) is 0 Å². The molecule has 7 aliphatic rings. The molecule has 2 amide bonds. The van der Waals surface area contributed by atoms with E-state index < -0.39 is 31.0 Å². The highest BCUT2D eigenvalue weighted by atomic mass is 19.4. The Balaban J connectivity index is 1.06. The van der Waals surface area contributed by atoms with Crippen LogP contribution in [-0.4, -0.2) is 104 Å². The van der Waals surface area contributed by atoms with Crippen LogP contribution in [0.25, 0.3) is 0 Å². The highest BCUT2D eigenvalue weighted by Gasteiger charge is 2.84. The molecule has 2 heterocycles. The van der Waals surface area contributed by atoms with Gasteiger partial charge in [0.1, 0.15) is 12.2 Å². The molecule has 2 spiro atoms. The van der Waals surface area contributed by atoms with E-state index in [2.05, 4.69) is 53.8 Å². The number of fused-ring (bicyclic) bond motifs is 4. The molecule has 2 N–H and O–H groups in total. The van der Waals surface area contributed by atoms with Gasteiger partial charge in [-0.2, -0.15) is 13.2 Å². The molecule has 0 radical (unpaired) electrons. The van der Waals surface area contributed by atoms with Crippen LogP contribution in [0.1, 0.15) is 99.8 Å². The molecule has 13 atom stereocenters. The summed E-state index contributed by atoms with van der Waals surface area (Å²) in [4.78, 5) is 28.4. The summed E-state index contributed by atoms with van der Waals surface area (Å²) in [7, 11) is 3.38. The maximum Gasteiger partial charge on any atom is 0.409 e. The summed E-state index contributed by atoms with van der Waals surface area (Å²) in [6.07, 6.45) is 0.883. The molecular weight excluding hydrogens is 663 g/mol. The molecule has 0 aromatic carbocycles. The van der Waals surface area contributed by atoms with Crippen LogP contribution >= 0.6 is 0 Å². The number of rotatable bonds is 6. The lowest BCUT2D eigenvalue weighted by atomic mass is 9.41. The van der Waals surface area contributed by atoms with E-state index in [0.717, 1.165) is 51.4 Å². The normalized spacial score (nSPS) is 46.3. The number of amides is 2. The van der Waals surface area contributed by atoms with Crippen LogP contribution in [0.2, 0.25) is 0 Å². The third kappa shape index (κ3) is 5.47. The van der Waals surface area contributed by atoms with Crippen molar-refractivity contribution in [2.75, 3.05) is 33.7 Å². The molecule has 2 aliphatic heterocycles. The van der Waals surface area contributed by atoms with Crippen molar-refractivity contribution in [3.05, 3.63) is 0 Å². The molecule has 0 aromatic heterocycles. The van der Waals surface area contributed by atoms with Crippen LogP contribution in [-0.2, 0) is 14.2 Å². The zero-order valence-electron chi connectivity index (χ0n) is 32.1. The van der Waals surface area contributed by atoms with E-state index in [-0.39, 0.29) is 82.4 Å². The summed E-state index contributed by atoms with van der Waals surface area (Å²) in [5.74, 6) is 1.33. The lowest BCUT2D eigenvalue weighted by molar-refractivity contribution is -0.185. The number of aliphatic hydroxyl groups is 1. The molecule has 7 fully saturated rings. The zero-order chi connectivity index (χ0) is 37.3. The molecule has 5 aliphatic carbocycles. The largest absolute Gasteiger partial charge is 0.446 e. The lowest BCUT2D eigenvalue weighted by Crippen LogP contribution is -2.62. The predicted octanol–water partition coefficient (Wildman–Crippen LogP) is 6.86. The molecule has 51 heavy (non-hydrogen) atoms. The molecule has 2 saturated heterocycles. The molecule has 5 saturated carbocycles. The van der Waals surface area contributed by atoms with E-state index in [0.29, 0.717) is 17.8 Å². The number of alkyl halides is 3. The van der Waals surface area contributed by atoms with Gasteiger partial charge >= 0.3 is 18.4 Å². The minimum absolute atomic E-state index is 0.0693. The first kappa shape index (κ1) is 37.5. The minimum atomic E-state index is -4.24. The monoisotopic (exact) mass is 725 g/mol. The highest BCUT2D eigenvalue weighted by Crippen LogP contribution is 2.89. The smallest absolute Gasteiger partial charge is 0.409 e. The van der Waals surface area contributed by atoms with E-state index >= 15 is 0 Å². The van der Waals surface area contributed by atoms with Gasteiger partial charge in [-0.25, -0.2) is 9.59 Å². The van der Waals surface area contributed by atoms with Gasteiger partial charge in [-0.05, 0) is 97.2 Å². The molecule has 0 aromatic rings. The van der Waals surface area contributed by atoms with Crippen LogP contribution in [0.15, 0.2) is 0 Å². The Hall–Kier alpha value is -1.79. The van der Waals surface area contributed by atoms with E-state index in [9.17, 15) is 27.9 Å².